The Labute approximate surface area is 227 Å². The predicted molar refractivity (Wildman–Crippen MR) is 144 cm³/mol. The molecule has 0 saturated carbocycles. The molecular formula is C29H35N3O7. The van der Waals surface area contributed by atoms with Gasteiger partial charge >= 0.3 is 0 Å². The Balaban J connectivity index is 1.22. The topological polar surface area (TPSA) is 115 Å². The van der Waals surface area contributed by atoms with Crippen molar-refractivity contribution in [1.29, 1.82) is 0 Å². The van der Waals surface area contributed by atoms with Crippen molar-refractivity contribution in [2.24, 2.45) is 5.92 Å². The summed E-state index contributed by atoms with van der Waals surface area (Å²) in [4.78, 5) is 40.6. The normalized spacial score (nSPS) is 23.4. The molecule has 39 heavy (non-hydrogen) atoms. The quantitative estimate of drug-likeness (QED) is 0.580. The first-order chi connectivity index (χ1) is 18.9. The molecule has 0 aromatic heterocycles. The Bertz CT molecular complexity index is 1210. The summed E-state index contributed by atoms with van der Waals surface area (Å²) in [5.74, 6) is 0.603. The molecule has 3 aliphatic rings. The van der Waals surface area contributed by atoms with E-state index in [1.165, 1.54) is 0 Å². The molecule has 10 nitrogen and oxygen atoms in total. The fourth-order valence-electron chi connectivity index (χ4n) is 5.43. The Kier molecular flexibility index (Phi) is 8.33. The lowest BCUT2D eigenvalue weighted by Gasteiger charge is -2.42. The second kappa shape index (κ2) is 12.0. The number of rotatable bonds is 6. The third-order valence-corrected chi connectivity index (χ3v) is 7.64. The van der Waals surface area contributed by atoms with Crippen molar-refractivity contribution in [3.8, 4) is 11.5 Å². The molecule has 3 heterocycles. The standard InChI is InChI=1S/C29H35N3O7/c1-32-24-8-7-22(16-27(33)30-19-4-3-5-21(14-19)36-2)39-26(24)17-38-25-9-6-20(15-23(25)29(32)35)31-28(34)18-10-12-37-13-11-18/h3-6,9,14-15,18,22,24,26H,7-8,10-13,16-17H2,1-2H3,(H,30,33)(H,31,34)/t22-,24-,26-/m0/s1. The van der Waals surface area contributed by atoms with Crippen LogP contribution in [0, 0.1) is 5.92 Å². The molecule has 2 N–H and O–H groups in total. The molecule has 10 heteroatoms. The first-order valence-corrected chi connectivity index (χ1v) is 13.4. The molecule has 208 valence electrons. The van der Waals surface area contributed by atoms with E-state index in [0.29, 0.717) is 67.3 Å². The molecule has 0 aliphatic carbocycles. The first-order valence-electron chi connectivity index (χ1n) is 13.4. The molecule has 0 spiro atoms. The van der Waals surface area contributed by atoms with Gasteiger partial charge in [0.1, 0.15) is 24.2 Å². The molecule has 0 radical (unpaired) electrons. The van der Waals surface area contributed by atoms with Gasteiger partial charge in [-0.3, -0.25) is 14.4 Å². The van der Waals surface area contributed by atoms with Crippen molar-refractivity contribution in [1.82, 2.24) is 4.90 Å². The number of anilines is 2. The van der Waals surface area contributed by atoms with Crippen molar-refractivity contribution >= 4 is 29.1 Å². The molecule has 2 aromatic rings. The molecular weight excluding hydrogens is 502 g/mol. The molecule has 3 aliphatic heterocycles. The number of methoxy groups -OCH3 is 1. The van der Waals surface area contributed by atoms with Crippen LogP contribution in [-0.2, 0) is 19.1 Å². The zero-order chi connectivity index (χ0) is 27.4. The highest BCUT2D eigenvalue weighted by Crippen LogP contribution is 2.33. The molecule has 2 saturated heterocycles. The van der Waals surface area contributed by atoms with Gasteiger partial charge in [-0.05, 0) is 56.0 Å². The van der Waals surface area contributed by atoms with E-state index in [1.54, 1.807) is 49.4 Å². The van der Waals surface area contributed by atoms with Gasteiger partial charge < -0.3 is 34.5 Å². The van der Waals surface area contributed by atoms with E-state index in [1.807, 2.05) is 12.1 Å². The number of nitrogens with zero attached hydrogens (tertiary/aromatic N) is 1. The zero-order valence-corrected chi connectivity index (χ0v) is 22.3. The second-order valence-corrected chi connectivity index (χ2v) is 10.2. The molecule has 2 aromatic carbocycles. The summed E-state index contributed by atoms with van der Waals surface area (Å²) in [5.41, 5.74) is 1.63. The highest BCUT2D eigenvalue weighted by atomic mass is 16.5. The summed E-state index contributed by atoms with van der Waals surface area (Å²) >= 11 is 0. The Morgan fingerprint density at radius 3 is 2.62 bits per heavy atom. The molecule has 3 amide bonds. The number of likely N-dealkylation sites (N-methyl/N-ethyl adjacent to an activating group) is 1. The lowest BCUT2D eigenvalue weighted by atomic mass is 9.94. The Morgan fingerprint density at radius 1 is 1.03 bits per heavy atom. The summed E-state index contributed by atoms with van der Waals surface area (Å²) in [6.07, 6.45) is 2.24. The van der Waals surface area contributed by atoms with Crippen molar-refractivity contribution in [3.63, 3.8) is 0 Å². The summed E-state index contributed by atoms with van der Waals surface area (Å²) in [6.45, 7) is 1.41. The maximum Gasteiger partial charge on any atom is 0.257 e. The van der Waals surface area contributed by atoms with Gasteiger partial charge in [0.2, 0.25) is 11.8 Å². The fraction of sp³-hybridized carbons (Fsp3) is 0.483. The van der Waals surface area contributed by atoms with Gasteiger partial charge in [0.05, 0.1) is 31.2 Å². The molecule has 5 rings (SSSR count). The maximum atomic E-state index is 13.5. The third-order valence-electron chi connectivity index (χ3n) is 7.64. The number of fused-ring (bicyclic) bond motifs is 2. The van der Waals surface area contributed by atoms with Crippen LogP contribution in [0.3, 0.4) is 0 Å². The van der Waals surface area contributed by atoms with E-state index >= 15 is 0 Å². The van der Waals surface area contributed by atoms with Crippen LogP contribution in [0.15, 0.2) is 42.5 Å². The smallest absolute Gasteiger partial charge is 0.257 e. The van der Waals surface area contributed by atoms with E-state index in [-0.39, 0.29) is 54.9 Å². The van der Waals surface area contributed by atoms with Crippen LogP contribution >= 0.6 is 0 Å². The molecule has 3 atom stereocenters. The van der Waals surface area contributed by atoms with E-state index < -0.39 is 0 Å². The summed E-state index contributed by atoms with van der Waals surface area (Å²) < 4.78 is 22.9. The van der Waals surface area contributed by atoms with Gasteiger partial charge in [-0.2, -0.15) is 0 Å². The Hall–Kier alpha value is -3.63. The number of carbonyl (C=O) groups excluding carboxylic acids is 3. The number of hydrogen-bond donors (Lipinski definition) is 2. The van der Waals surface area contributed by atoms with Crippen LogP contribution in [0.2, 0.25) is 0 Å². The third kappa shape index (κ3) is 6.34. The van der Waals surface area contributed by atoms with Gasteiger partial charge in [0.15, 0.2) is 0 Å². The molecule has 2 fully saturated rings. The van der Waals surface area contributed by atoms with Gasteiger partial charge in [0.25, 0.3) is 5.91 Å². The monoisotopic (exact) mass is 537 g/mol. The summed E-state index contributed by atoms with van der Waals surface area (Å²) in [5, 5.41) is 5.84. The minimum Gasteiger partial charge on any atom is -0.497 e. The van der Waals surface area contributed by atoms with Crippen molar-refractivity contribution < 1.29 is 33.3 Å². The van der Waals surface area contributed by atoms with Gasteiger partial charge in [-0.1, -0.05) is 6.07 Å². The van der Waals surface area contributed by atoms with Crippen LogP contribution in [0.4, 0.5) is 11.4 Å². The number of nitrogens with one attached hydrogen (secondary N) is 2. The lowest BCUT2D eigenvalue weighted by molar-refractivity contribution is -0.130. The summed E-state index contributed by atoms with van der Waals surface area (Å²) in [7, 11) is 3.34. The number of hydrogen-bond acceptors (Lipinski definition) is 7. The van der Waals surface area contributed by atoms with Crippen LogP contribution < -0.4 is 20.1 Å². The predicted octanol–water partition coefficient (Wildman–Crippen LogP) is 3.47. The van der Waals surface area contributed by atoms with Crippen molar-refractivity contribution in [2.45, 2.75) is 50.4 Å². The number of amides is 3. The van der Waals surface area contributed by atoms with Gasteiger partial charge in [-0.25, -0.2) is 0 Å². The van der Waals surface area contributed by atoms with Crippen LogP contribution in [0.25, 0.3) is 0 Å². The summed E-state index contributed by atoms with van der Waals surface area (Å²) in [6, 6.07) is 12.1. The SMILES string of the molecule is COc1cccc(NC(=O)C[C@@H]2CC[C@H]3[C@H](COc4ccc(NC(=O)C5CCOCC5)cc4C(=O)N3C)O2)c1. The minimum atomic E-state index is -0.372. The fourth-order valence-corrected chi connectivity index (χ4v) is 5.43. The van der Waals surface area contributed by atoms with Crippen LogP contribution in [0.1, 0.15) is 42.5 Å². The number of carbonyl (C=O) groups is 3. The maximum absolute atomic E-state index is 13.5. The Morgan fingerprint density at radius 2 is 1.82 bits per heavy atom. The molecule has 0 unspecified atom stereocenters. The highest BCUT2D eigenvalue weighted by molar-refractivity contribution is 6.00. The van der Waals surface area contributed by atoms with Gasteiger partial charge in [0, 0.05) is 43.6 Å². The van der Waals surface area contributed by atoms with E-state index in [9.17, 15) is 14.4 Å². The van der Waals surface area contributed by atoms with Crippen molar-refractivity contribution in [2.75, 3.05) is 44.6 Å². The molecule has 0 bridgehead atoms. The van der Waals surface area contributed by atoms with E-state index in [2.05, 4.69) is 10.6 Å². The first kappa shape index (κ1) is 27.0. The largest absolute Gasteiger partial charge is 0.497 e. The average molecular weight is 538 g/mol. The van der Waals surface area contributed by atoms with Crippen molar-refractivity contribution in [3.05, 3.63) is 48.0 Å². The minimum absolute atomic E-state index is 0.0620. The zero-order valence-electron chi connectivity index (χ0n) is 22.3. The lowest BCUT2D eigenvalue weighted by Crippen LogP contribution is -2.53. The average Bonchev–Trinajstić information content (AvgIpc) is 2.95. The van der Waals surface area contributed by atoms with Gasteiger partial charge in [-0.15, -0.1) is 0 Å². The number of benzene rings is 2. The van der Waals surface area contributed by atoms with E-state index in [4.69, 9.17) is 18.9 Å². The van der Waals surface area contributed by atoms with Crippen LogP contribution in [0.5, 0.6) is 11.5 Å². The second-order valence-electron chi connectivity index (χ2n) is 10.2. The highest BCUT2D eigenvalue weighted by Gasteiger charge is 2.39. The van der Waals surface area contributed by atoms with E-state index in [0.717, 1.165) is 0 Å². The number of ether oxygens (including phenoxy) is 4. The van der Waals surface area contributed by atoms with Crippen LogP contribution in [-0.4, -0.2) is 74.8 Å².